The van der Waals surface area contributed by atoms with Crippen LogP contribution >= 0.6 is 0 Å². The van der Waals surface area contributed by atoms with Crippen LogP contribution in [-0.2, 0) is 19.1 Å². The molecule has 1 unspecified atom stereocenters. The second-order valence-corrected chi connectivity index (χ2v) is 7.21. The van der Waals surface area contributed by atoms with E-state index in [-0.39, 0.29) is 26.4 Å². The van der Waals surface area contributed by atoms with E-state index < -0.39 is 0 Å². The fourth-order valence-corrected chi connectivity index (χ4v) is 2.24. The van der Waals surface area contributed by atoms with Crippen molar-refractivity contribution in [3.63, 3.8) is 0 Å². The van der Waals surface area contributed by atoms with Crippen molar-refractivity contribution in [1.29, 1.82) is 0 Å². The molecule has 0 fully saturated rings. The van der Waals surface area contributed by atoms with Crippen molar-refractivity contribution in [2.45, 2.75) is 86.5 Å². The molecule has 6 heteroatoms. The average Bonchev–Trinajstić information content (AvgIpc) is 2.67. The maximum absolute atomic E-state index is 11.6. The molecule has 2 amide bonds. The highest BCUT2D eigenvalue weighted by Gasteiger charge is 2.08. The van der Waals surface area contributed by atoms with E-state index in [2.05, 4.69) is 24.5 Å². The molecule has 0 bridgehead atoms. The van der Waals surface area contributed by atoms with Gasteiger partial charge in [0.25, 0.3) is 0 Å². The summed E-state index contributed by atoms with van der Waals surface area (Å²) in [4.78, 5) is 34.7. The first-order valence-corrected chi connectivity index (χ1v) is 11.0. The van der Waals surface area contributed by atoms with Crippen molar-refractivity contribution in [3.8, 4) is 0 Å². The first-order chi connectivity index (χ1) is 13.4. The lowest BCUT2D eigenvalue weighted by Gasteiger charge is -2.09. The quantitative estimate of drug-likeness (QED) is 0.374. The van der Waals surface area contributed by atoms with Crippen LogP contribution in [0.2, 0.25) is 0 Å². The largest absolute Gasteiger partial charge is 0.381 e. The number of hydrogen-bond acceptors (Lipinski definition) is 4. The average molecular weight is 405 g/mol. The molecule has 0 aliphatic carbocycles. The van der Waals surface area contributed by atoms with Gasteiger partial charge in [0.1, 0.15) is 5.78 Å². The van der Waals surface area contributed by atoms with Gasteiger partial charge in [-0.05, 0) is 25.2 Å². The van der Waals surface area contributed by atoms with Crippen molar-refractivity contribution in [3.05, 3.63) is 0 Å². The highest BCUT2D eigenvalue weighted by molar-refractivity contribution is 5.81. The molecule has 1 atom stereocenters. The molecule has 0 saturated carbocycles. The Hall–Kier alpha value is -1.43. The van der Waals surface area contributed by atoms with E-state index >= 15 is 0 Å². The number of Topliss-reactive ketones (excluding diaryl/α,β-unsaturated/α-hetero) is 1. The van der Waals surface area contributed by atoms with Gasteiger partial charge in [0.05, 0.1) is 0 Å². The minimum absolute atomic E-state index is 0. The third-order valence-corrected chi connectivity index (χ3v) is 4.28. The van der Waals surface area contributed by atoms with Gasteiger partial charge in [-0.25, -0.2) is 0 Å². The summed E-state index contributed by atoms with van der Waals surface area (Å²) in [6, 6.07) is 0. The van der Waals surface area contributed by atoms with Gasteiger partial charge in [-0.15, -0.1) is 0 Å². The van der Waals surface area contributed by atoms with Crippen LogP contribution in [0.3, 0.4) is 0 Å². The highest BCUT2D eigenvalue weighted by Crippen LogP contribution is 2.05. The van der Waals surface area contributed by atoms with E-state index in [0.717, 1.165) is 19.3 Å². The van der Waals surface area contributed by atoms with E-state index in [4.69, 9.17) is 4.74 Å². The van der Waals surface area contributed by atoms with Gasteiger partial charge >= 0.3 is 0 Å². The second kappa shape index (κ2) is 20.3. The zero-order valence-electron chi connectivity index (χ0n) is 19.1. The topological polar surface area (TPSA) is 84.5 Å². The number of amides is 2. The van der Waals surface area contributed by atoms with E-state index in [9.17, 15) is 14.4 Å². The number of nitrogens with one attached hydrogen (secondary N) is 2. The minimum atomic E-state index is -0.00873. The molecule has 2 N–H and O–H groups in total. The van der Waals surface area contributed by atoms with Gasteiger partial charge in [-0.2, -0.15) is 0 Å². The van der Waals surface area contributed by atoms with E-state index in [1.807, 2.05) is 27.7 Å². The molecule has 6 nitrogen and oxygen atoms in total. The summed E-state index contributed by atoms with van der Waals surface area (Å²) >= 11 is 0. The Morgan fingerprint density at radius 1 is 0.857 bits per heavy atom. The summed E-state index contributed by atoms with van der Waals surface area (Å²) in [5.74, 6) is 0.783. The van der Waals surface area contributed by atoms with Crippen molar-refractivity contribution in [1.82, 2.24) is 10.6 Å². The van der Waals surface area contributed by atoms with Gasteiger partial charge < -0.3 is 15.4 Å². The number of ether oxygens (including phenoxy) is 1. The lowest BCUT2D eigenvalue weighted by atomic mass is 10.0. The summed E-state index contributed by atoms with van der Waals surface area (Å²) in [6.07, 6.45) is 4.64. The van der Waals surface area contributed by atoms with E-state index in [1.165, 1.54) is 0 Å². The highest BCUT2D eigenvalue weighted by atomic mass is 16.5. The molecule has 0 aromatic rings. The summed E-state index contributed by atoms with van der Waals surface area (Å²) in [7, 11) is 0. The lowest BCUT2D eigenvalue weighted by molar-refractivity contribution is -0.123. The van der Waals surface area contributed by atoms with E-state index in [0.29, 0.717) is 57.9 Å². The van der Waals surface area contributed by atoms with Crippen LogP contribution in [0.1, 0.15) is 89.3 Å². The van der Waals surface area contributed by atoms with Crippen molar-refractivity contribution >= 4 is 17.6 Å². The predicted molar refractivity (Wildman–Crippen MR) is 119 cm³/mol. The fraction of sp³-hybridized carbons (Fsp3) is 0.864. The molecule has 0 aliphatic heterocycles. The molecule has 170 valence electrons. The molecule has 28 heavy (non-hydrogen) atoms. The van der Waals surface area contributed by atoms with Gasteiger partial charge in [-0.1, -0.05) is 48.0 Å². The third kappa shape index (κ3) is 19.3. The molecule has 0 heterocycles. The standard InChI is InChI=1S/C20H38N2O4.C2H6.2H2/c1-5-17(4)15-20(25)22-12-8-14-26-13-7-11-21-19(24)10-6-9-18(23)16(2)3;1-2;;/h16-17H,5-15H2,1-4H3,(H,21,24)(H,22,25);1-2H3;2*1H. The fourth-order valence-electron chi connectivity index (χ4n) is 2.24. The van der Waals surface area contributed by atoms with Crippen LogP contribution in [0.25, 0.3) is 0 Å². The summed E-state index contributed by atoms with van der Waals surface area (Å²) < 4.78 is 5.49. The van der Waals surface area contributed by atoms with Crippen LogP contribution in [0, 0.1) is 11.8 Å². The summed E-state index contributed by atoms with van der Waals surface area (Å²) in [6.45, 7) is 14.3. The molecule has 0 aliphatic rings. The molecule has 0 radical (unpaired) electrons. The maximum Gasteiger partial charge on any atom is 0.220 e. The molecule has 0 spiro atoms. The third-order valence-electron chi connectivity index (χ3n) is 4.28. The Morgan fingerprint density at radius 3 is 1.89 bits per heavy atom. The van der Waals surface area contributed by atoms with Crippen LogP contribution in [-0.4, -0.2) is 43.9 Å². The van der Waals surface area contributed by atoms with Crippen LogP contribution in [0.15, 0.2) is 0 Å². The number of ketones is 1. The van der Waals surface area contributed by atoms with Gasteiger partial charge in [0.15, 0.2) is 0 Å². The Bertz CT molecular complexity index is 422. The molecular formula is C22H48N2O4. The zero-order valence-corrected chi connectivity index (χ0v) is 19.1. The first-order valence-electron chi connectivity index (χ1n) is 11.0. The monoisotopic (exact) mass is 404 g/mol. The summed E-state index contributed by atoms with van der Waals surface area (Å²) in [5, 5.41) is 5.74. The second-order valence-electron chi connectivity index (χ2n) is 7.21. The van der Waals surface area contributed by atoms with Gasteiger partial charge in [-0.3, -0.25) is 14.4 Å². The van der Waals surface area contributed by atoms with Gasteiger partial charge in [0, 0.05) is 54.3 Å². The molecule has 0 aromatic carbocycles. The number of carbonyl (C=O) groups excluding carboxylic acids is 3. The minimum Gasteiger partial charge on any atom is -0.381 e. The van der Waals surface area contributed by atoms with Crippen molar-refractivity contribution in [2.75, 3.05) is 26.3 Å². The van der Waals surface area contributed by atoms with Crippen LogP contribution in [0.5, 0.6) is 0 Å². The molecular weight excluding hydrogens is 356 g/mol. The normalized spacial score (nSPS) is 11.4. The summed E-state index contributed by atoms with van der Waals surface area (Å²) in [5.41, 5.74) is 0. The lowest BCUT2D eigenvalue weighted by Crippen LogP contribution is -2.27. The van der Waals surface area contributed by atoms with Crippen LogP contribution < -0.4 is 10.6 Å². The Balaban J connectivity index is -0.000000817. The molecule has 0 aromatic heterocycles. The molecule has 0 rings (SSSR count). The SMILES string of the molecule is CC.CCC(C)CC(=O)NCCCOCCCNC(=O)CCCC(=O)C(C)C.[HH].[HH]. The zero-order chi connectivity index (χ0) is 21.8. The Kier molecular flexibility index (Phi) is 20.9. The Morgan fingerprint density at radius 2 is 1.39 bits per heavy atom. The van der Waals surface area contributed by atoms with Gasteiger partial charge in [0.2, 0.25) is 11.8 Å². The first kappa shape index (κ1) is 28.8. The number of carbonyl (C=O) groups is 3. The Labute approximate surface area is 175 Å². The van der Waals surface area contributed by atoms with E-state index in [1.54, 1.807) is 0 Å². The maximum atomic E-state index is 11.6. The molecule has 0 saturated heterocycles. The van der Waals surface area contributed by atoms with Crippen molar-refractivity contribution in [2.24, 2.45) is 11.8 Å². The predicted octanol–water partition coefficient (Wildman–Crippen LogP) is 4.37. The smallest absolute Gasteiger partial charge is 0.220 e. The van der Waals surface area contributed by atoms with Crippen molar-refractivity contribution < 1.29 is 22.0 Å². The number of hydrogen-bond donors (Lipinski definition) is 2. The number of rotatable bonds is 16. The van der Waals surface area contributed by atoms with Crippen LogP contribution in [0.4, 0.5) is 0 Å².